The number of nitrogens with two attached hydrogens (primary N) is 1. The number of hydrogen-bond donors (Lipinski definition) is 2. The SMILES string of the molecule is CCC1OCCC1CNS(=O)(=O)c1cnn(CCN)c1. The Hall–Kier alpha value is -0.960. The summed E-state index contributed by atoms with van der Waals surface area (Å²) >= 11 is 0. The number of ether oxygens (including phenoxy) is 1. The first-order chi connectivity index (χ1) is 9.56. The molecule has 20 heavy (non-hydrogen) atoms. The fraction of sp³-hybridized carbons (Fsp3) is 0.750. The molecule has 3 N–H and O–H groups in total. The lowest BCUT2D eigenvalue weighted by Gasteiger charge is -2.16. The molecule has 0 bridgehead atoms. The second-order valence-electron chi connectivity index (χ2n) is 4.95. The van der Waals surface area contributed by atoms with Gasteiger partial charge in [-0.25, -0.2) is 13.1 Å². The molecule has 1 aliphatic heterocycles. The highest BCUT2D eigenvalue weighted by Crippen LogP contribution is 2.23. The number of hydrogen-bond acceptors (Lipinski definition) is 5. The molecule has 2 unspecified atom stereocenters. The van der Waals surface area contributed by atoms with Crippen molar-refractivity contribution >= 4 is 10.0 Å². The molecule has 8 heteroatoms. The number of aromatic nitrogens is 2. The molecule has 2 heterocycles. The lowest BCUT2D eigenvalue weighted by molar-refractivity contribution is 0.0884. The molecule has 2 rings (SSSR count). The first kappa shape index (κ1) is 15.4. The number of rotatable bonds is 7. The minimum Gasteiger partial charge on any atom is -0.378 e. The minimum atomic E-state index is -3.51. The van der Waals surface area contributed by atoms with Crippen molar-refractivity contribution in [2.75, 3.05) is 19.7 Å². The van der Waals surface area contributed by atoms with Crippen LogP contribution in [0, 0.1) is 5.92 Å². The molecule has 0 saturated carbocycles. The van der Waals surface area contributed by atoms with E-state index in [1.54, 1.807) is 0 Å². The van der Waals surface area contributed by atoms with E-state index in [0.29, 0.717) is 26.2 Å². The van der Waals surface area contributed by atoms with Crippen molar-refractivity contribution in [3.8, 4) is 0 Å². The molecular weight excluding hydrogens is 280 g/mol. The van der Waals surface area contributed by atoms with Gasteiger partial charge >= 0.3 is 0 Å². The van der Waals surface area contributed by atoms with Gasteiger partial charge in [-0.15, -0.1) is 0 Å². The maximum absolute atomic E-state index is 12.2. The average molecular weight is 302 g/mol. The third kappa shape index (κ3) is 3.57. The molecule has 1 aromatic heterocycles. The van der Waals surface area contributed by atoms with Gasteiger partial charge in [-0.2, -0.15) is 5.10 Å². The summed E-state index contributed by atoms with van der Waals surface area (Å²) in [6.45, 7) is 4.09. The van der Waals surface area contributed by atoms with E-state index in [1.807, 2.05) is 6.92 Å². The molecule has 1 saturated heterocycles. The van der Waals surface area contributed by atoms with E-state index in [-0.39, 0.29) is 16.9 Å². The molecule has 7 nitrogen and oxygen atoms in total. The second kappa shape index (κ2) is 6.66. The standard InChI is InChI=1S/C12H22N4O3S/c1-2-12-10(3-6-19-12)7-15-20(17,18)11-8-14-16(9-11)5-4-13/h8-10,12,15H,2-7,13H2,1H3. The van der Waals surface area contributed by atoms with Crippen LogP contribution < -0.4 is 10.5 Å². The predicted molar refractivity (Wildman–Crippen MR) is 74.6 cm³/mol. The maximum Gasteiger partial charge on any atom is 0.243 e. The van der Waals surface area contributed by atoms with E-state index >= 15 is 0 Å². The van der Waals surface area contributed by atoms with Crippen LogP contribution in [0.25, 0.3) is 0 Å². The normalized spacial score (nSPS) is 23.3. The zero-order chi connectivity index (χ0) is 14.6. The summed E-state index contributed by atoms with van der Waals surface area (Å²) in [7, 11) is -3.51. The van der Waals surface area contributed by atoms with E-state index in [2.05, 4.69) is 9.82 Å². The fourth-order valence-electron chi connectivity index (χ4n) is 2.42. The summed E-state index contributed by atoms with van der Waals surface area (Å²) in [6, 6.07) is 0. The largest absolute Gasteiger partial charge is 0.378 e. The highest BCUT2D eigenvalue weighted by atomic mass is 32.2. The summed E-state index contributed by atoms with van der Waals surface area (Å²) in [6.07, 6.45) is 4.80. The highest BCUT2D eigenvalue weighted by molar-refractivity contribution is 7.89. The zero-order valence-electron chi connectivity index (χ0n) is 11.7. The molecule has 1 aliphatic rings. The van der Waals surface area contributed by atoms with Crippen molar-refractivity contribution in [2.24, 2.45) is 11.7 Å². The van der Waals surface area contributed by atoms with Gasteiger partial charge in [0.1, 0.15) is 4.90 Å². The van der Waals surface area contributed by atoms with Crippen LogP contribution in [-0.2, 0) is 21.3 Å². The molecule has 1 fully saturated rings. The van der Waals surface area contributed by atoms with Gasteiger partial charge in [-0.05, 0) is 12.8 Å². The molecule has 0 amide bonds. The summed E-state index contributed by atoms with van der Waals surface area (Å²) in [5.41, 5.74) is 5.41. The van der Waals surface area contributed by atoms with Crippen molar-refractivity contribution in [2.45, 2.75) is 37.3 Å². The summed E-state index contributed by atoms with van der Waals surface area (Å²) in [5.74, 6) is 0.244. The quantitative estimate of drug-likeness (QED) is 0.735. The zero-order valence-corrected chi connectivity index (χ0v) is 12.5. The Bertz CT molecular complexity index is 529. The van der Waals surface area contributed by atoms with Gasteiger partial charge in [-0.1, -0.05) is 6.92 Å². The highest BCUT2D eigenvalue weighted by Gasteiger charge is 2.28. The van der Waals surface area contributed by atoms with Crippen molar-refractivity contribution < 1.29 is 13.2 Å². The van der Waals surface area contributed by atoms with E-state index < -0.39 is 10.0 Å². The summed E-state index contributed by atoms with van der Waals surface area (Å²) < 4.78 is 34.1. The lowest BCUT2D eigenvalue weighted by Crippen LogP contribution is -2.32. The Balaban J connectivity index is 1.96. The Morgan fingerprint density at radius 2 is 2.40 bits per heavy atom. The van der Waals surface area contributed by atoms with Crippen LogP contribution in [0.5, 0.6) is 0 Å². The van der Waals surface area contributed by atoms with Crippen LogP contribution in [0.15, 0.2) is 17.3 Å². The smallest absolute Gasteiger partial charge is 0.243 e. The Morgan fingerprint density at radius 3 is 3.10 bits per heavy atom. The van der Waals surface area contributed by atoms with E-state index in [0.717, 1.165) is 12.8 Å². The van der Waals surface area contributed by atoms with Crippen molar-refractivity contribution in [3.05, 3.63) is 12.4 Å². The van der Waals surface area contributed by atoms with Crippen LogP contribution >= 0.6 is 0 Å². The van der Waals surface area contributed by atoms with Gasteiger partial charge in [0.05, 0.1) is 18.8 Å². The molecule has 2 atom stereocenters. The first-order valence-corrected chi connectivity index (χ1v) is 8.39. The van der Waals surface area contributed by atoms with E-state index in [9.17, 15) is 8.42 Å². The number of nitrogens with one attached hydrogen (secondary N) is 1. The topological polar surface area (TPSA) is 99.2 Å². The minimum absolute atomic E-state index is 0.151. The molecule has 0 radical (unpaired) electrons. The number of nitrogens with zero attached hydrogens (tertiary/aromatic N) is 2. The molecular formula is C12H22N4O3S. The number of sulfonamides is 1. The van der Waals surface area contributed by atoms with Gasteiger partial charge in [0.25, 0.3) is 0 Å². The summed E-state index contributed by atoms with van der Waals surface area (Å²) in [5, 5.41) is 3.98. The Morgan fingerprint density at radius 1 is 1.60 bits per heavy atom. The molecule has 0 aliphatic carbocycles. The second-order valence-corrected chi connectivity index (χ2v) is 6.71. The maximum atomic E-state index is 12.2. The monoisotopic (exact) mass is 302 g/mol. The van der Waals surface area contributed by atoms with Crippen LogP contribution in [0.2, 0.25) is 0 Å². The Labute approximate surface area is 119 Å². The first-order valence-electron chi connectivity index (χ1n) is 6.90. The Kier molecular flexibility index (Phi) is 5.14. The molecule has 0 aromatic carbocycles. The molecule has 0 spiro atoms. The van der Waals surface area contributed by atoms with Gasteiger partial charge in [-0.3, -0.25) is 4.68 Å². The average Bonchev–Trinajstić information content (AvgIpc) is 3.05. The van der Waals surface area contributed by atoms with Crippen LogP contribution in [0.4, 0.5) is 0 Å². The van der Waals surface area contributed by atoms with Gasteiger partial charge < -0.3 is 10.5 Å². The van der Waals surface area contributed by atoms with Gasteiger partial charge in [0.2, 0.25) is 10.0 Å². The van der Waals surface area contributed by atoms with Crippen LogP contribution in [0.3, 0.4) is 0 Å². The van der Waals surface area contributed by atoms with Crippen LogP contribution in [-0.4, -0.2) is 44.0 Å². The van der Waals surface area contributed by atoms with Crippen LogP contribution in [0.1, 0.15) is 19.8 Å². The van der Waals surface area contributed by atoms with E-state index in [1.165, 1.54) is 17.1 Å². The van der Waals surface area contributed by atoms with E-state index in [4.69, 9.17) is 10.5 Å². The third-order valence-corrected chi connectivity index (χ3v) is 4.94. The predicted octanol–water partition coefficient (Wildman–Crippen LogP) is -0.0648. The van der Waals surface area contributed by atoms with Crippen molar-refractivity contribution in [1.29, 1.82) is 0 Å². The lowest BCUT2D eigenvalue weighted by atomic mass is 10.0. The van der Waals surface area contributed by atoms with Crippen molar-refractivity contribution in [3.63, 3.8) is 0 Å². The third-order valence-electron chi connectivity index (χ3n) is 3.56. The summed E-state index contributed by atoms with van der Waals surface area (Å²) in [4.78, 5) is 0.179. The molecule has 114 valence electrons. The van der Waals surface area contributed by atoms with Gasteiger partial charge in [0.15, 0.2) is 0 Å². The fourth-order valence-corrected chi connectivity index (χ4v) is 3.46. The van der Waals surface area contributed by atoms with Gasteiger partial charge in [0, 0.05) is 31.8 Å². The van der Waals surface area contributed by atoms with Crippen molar-refractivity contribution in [1.82, 2.24) is 14.5 Å². The molecule has 1 aromatic rings.